The van der Waals surface area contributed by atoms with Crippen molar-refractivity contribution < 1.29 is 34.3 Å². The van der Waals surface area contributed by atoms with Crippen LogP contribution < -0.4 is 0 Å². The minimum Gasteiger partial charge on any atom is -0.481 e. The standard InChI is InChI=1S/C27H39NO7/c1-13(2)19-8-16-9-25(11-28)18-7-6-14(3)17(18)10-26(16,27(19,25)24(31)32)12-34-23-21(30)20(29)22(33-5)15(4)35-23/h8,13-18,20-23,29-30H,6-7,9-10,12H2,1-5H3,(H,31,32)/t14?,15-,16?,17?,18?,20+,21+,22-,23-,25?,26?,27?/m1/s1. The molecule has 0 amide bonds. The molecule has 3 N–H and O–H groups in total. The third kappa shape index (κ3) is 2.88. The first-order valence-corrected chi connectivity index (χ1v) is 13.0. The molecule has 4 fully saturated rings. The second-order valence-corrected chi connectivity index (χ2v) is 12.1. The summed E-state index contributed by atoms with van der Waals surface area (Å²) in [5, 5.41) is 43.1. The van der Waals surface area contributed by atoms with E-state index in [9.17, 15) is 25.4 Å². The van der Waals surface area contributed by atoms with Crippen LogP contribution in [0.5, 0.6) is 0 Å². The minimum absolute atomic E-state index is 0.0142. The lowest BCUT2D eigenvalue weighted by Gasteiger charge is -2.57. The van der Waals surface area contributed by atoms with Gasteiger partial charge in [0.25, 0.3) is 0 Å². The van der Waals surface area contributed by atoms with Crippen molar-refractivity contribution in [1.82, 2.24) is 0 Å². The van der Waals surface area contributed by atoms with E-state index in [2.05, 4.69) is 19.1 Å². The van der Waals surface area contributed by atoms with Gasteiger partial charge in [-0.05, 0) is 55.8 Å². The summed E-state index contributed by atoms with van der Waals surface area (Å²) in [5.41, 5.74) is -2.27. The number of aliphatic carboxylic acids is 1. The van der Waals surface area contributed by atoms with Gasteiger partial charge in [0.2, 0.25) is 0 Å². The number of fused-ring (bicyclic) bond motifs is 2. The lowest BCUT2D eigenvalue weighted by atomic mass is 9.43. The van der Waals surface area contributed by atoms with E-state index in [0.29, 0.717) is 18.8 Å². The molecule has 194 valence electrons. The molecule has 1 aliphatic heterocycles. The van der Waals surface area contributed by atoms with Gasteiger partial charge in [0.15, 0.2) is 6.29 Å². The van der Waals surface area contributed by atoms with E-state index in [1.807, 2.05) is 13.8 Å². The maximum atomic E-state index is 13.5. The maximum Gasteiger partial charge on any atom is 0.316 e. The average Bonchev–Trinajstić information content (AvgIpc) is 3.38. The largest absolute Gasteiger partial charge is 0.481 e. The number of carbonyl (C=O) groups is 1. The minimum atomic E-state index is -1.34. The van der Waals surface area contributed by atoms with Crippen LogP contribution in [0.25, 0.3) is 0 Å². The number of carboxylic acids is 1. The monoisotopic (exact) mass is 489 g/mol. The van der Waals surface area contributed by atoms with E-state index in [-0.39, 0.29) is 30.3 Å². The normalized spacial score (nSPS) is 52.3. The Bertz CT molecular complexity index is 960. The number of nitriles is 1. The summed E-state index contributed by atoms with van der Waals surface area (Å²) >= 11 is 0. The number of carboxylic acid groups (broad SMARTS) is 1. The molecule has 0 spiro atoms. The molecule has 5 aliphatic rings. The van der Waals surface area contributed by atoms with Crippen molar-refractivity contribution in [3.8, 4) is 6.07 Å². The van der Waals surface area contributed by atoms with E-state index >= 15 is 0 Å². The number of methoxy groups -OCH3 is 1. The van der Waals surface area contributed by atoms with Crippen molar-refractivity contribution >= 4 is 5.97 Å². The zero-order valence-electron chi connectivity index (χ0n) is 21.3. The lowest BCUT2D eigenvalue weighted by Crippen LogP contribution is -2.63. The van der Waals surface area contributed by atoms with Gasteiger partial charge in [0, 0.05) is 12.5 Å². The first-order chi connectivity index (χ1) is 16.5. The fraction of sp³-hybridized carbons (Fsp3) is 0.852. The molecule has 3 saturated carbocycles. The fourth-order valence-electron chi connectivity index (χ4n) is 9.24. The summed E-state index contributed by atoms with van der Waals surface area (Å²) in [7, 11) is 1.45. The Morgan fingerprint density at radius 2 is 1.97 bits per heavy atom. The van der Waals surface area contributed by atoms with Crippen LogP contribution in [-0.4, -0.2) is 65.7 Å². The number of aliphatic hydroxyl groups excluding tert-OH is 2. The molecule has 1 heterocycles. The van der Waals surface area contributed by atoms with Crippen LogP contribution in [0.15, 0.2) is 11.6 Å². The van der Waals surface area contributed by atoms with Crippen molar-refractivity contribution in [3.63, 3.8) is 0 Å². The number of aliphatic hydroxyl groups is 2. The Kier molecular flexibility index (Phi) is 5.94. The molecule has 12 atom stereocenters. The van der Waals surface area contributed by atoms with Crippen molar-refractivity contribution in [1.29, 1.82) is 5.26 Å². The first kappa shape index (κ1) is 25.2. The van der Waals surface area contributed by atoms with Gasteiger partial charge in [-0.15, -0.1) is 0 Å². The number of hydrogen-bond donors (Lipinski definition) is 3. The van der Waals surface area contributed by atoms with Gasteiger partial charge in [-0.2, -0.15) is 5.26 Å². The van der Waals surface area contributed by atoms with E-state index in [4.69, 9.17) is 14.2 Å². The Hall–Kier alpha value is -1.50. The van der Waals surface area contributed by atoms with Gasteiger partial charge in [-0.25, -0.2) is 0 Å². The number of ether oxygens (including phenoxy) is 3. The highest BCUT2D eigenvalue weighted by Gasteiger charge is 2.84. The molecule has 0 aromatic carbocycles. The SMILES string of the molecule is CO[C@H]1[C@@H](O)[C@H](O)[C@H](OCC23CC4C(C)CCC4C4(C#N)CC2C=C(C(C)C)C43C(=O)O)O[C@@H]1C. The van der Waals surface area contributed by atoms with Crippen LogP contribution in [0.4, 0.5) is 0 Å². The Balaban J connectivity index is 1.57. The van der Waals surface area contributed by atoms with Gasteiger partial charge < -0.3 is 29.5 Å². The molecule has 5 rings (SSSR count). The molecule has 4 aliphatic carbocycles. The third-order valence-electron chi connectivity index (χ3n) is 10.6. The quantitative estimate of drug-likeness (QED) is 0.486. The molecule has 8 nitrogen and oxygen atoms in total. The maximum absolute atomic E-state index is 13.5. The van der Waals surface area contributed by atoms with Crippen LogP contribution in [-0.2, 0) is 19.0 Å². The highest BCUT2D eigenvalue weighted by Crippen LogP contribution is 2.83. The van der Waals surface area contributed by atoms with Crippen LogP contribution in [0, 0.1) is 57.2 Å². The third-order valence-corrected chi connectivity index (χ3v) is 10.6. The van der Waals surface area contributed by atoms with Crippen molar-refractivity contribution in [2.24, 2.45) is 45.8 Å². The lowest BCUT2D eigenvalue weighted by molar-refractivity contribution is -0.306. The molecule has 0 radical (unpaired) electrons. The Morgan fingerprint density at radius 3 is 2.57 bits per heavy atom. The van der Waals surface area contributed by atoms with E-state index in [0.717, 1.165) is 18.4 Å². The Labute approximate surface area is 207 Å². The summed E-state index contributed by atoms with van der Waals surface area (Å²) in [5.74, 6) is -0.309. The highest BCUT2D eigenvalue weighted by molar-refractivity contribution is 5.85. The van der Waals surface area contributed by atoms with Gasteiger partial charge in [-0.3, -0.25) is 4.79 Å². The summed E-state index contributed by atoms with van der Waals surface area (Å²) in [6.45, 7) is 8.05. The average molecular weight is 490 g/mol. The predicted molar refractivity (Wildman–Crippen MR) is 125 cm³/mol. The van der Waals surface area contributed by atoms with Crippen molar-refractivity contribution in [3.05, 3.63) is 11.6 Å². The van der Waals surface area contributed by atoms with E-state index in [1.54, 1.807) is 6.92 Å². The van der Waals surface area contributed by atoms with Gasteiger partial charge in [0.05, 0.1) is 24.2 Å². The Morgan fingerprint density at radius 1 is 1.26 bits per heavy atom. The summed E-state index contributed by atoms with van der Waals surface area (Å²) < 4.78 is 17.4. The molecule has 7 unspecified atom stereocenters. The van der Waals surface area contributed by atoms with Gasteiger partial charge in [0.1, 0.15) is 23.7 Å². The topological polar surface area (TPSA) is 129 Å². The zero-order chi connectivity index (χ0) is 25.5. The van der Waals surface area contributed by atoms with Crippen molar-refractivity contribution in [2.75, 3.05) is 13.7 Å². The molecule has 1 saturated heterocycles. The summed E-state index contributed by atoms with van der Waals surface area (Å²) in [4.78, 5) is 13.5. The van der Waals surface area contributed by atoms with Gasteiger partial charge >= 0.3 is 5.97 Å². The number of allylic oxidation sites excluding steroid dienone is 1. The zero-order valence-corrected chi connectivity index (χ0v) is 21.3. The molecule has 35 heavy (non-hydrogen) atoms. The molecule has 8 heteroatoms. The predicted octanol–water partition coefficient (Wildman–Crippen LogP) is 2.73. The van der Waals surface area contributed by atoms with E-state index < -0.39 is 52.9 Å². The second-order valence-electron chi connectivity index (χ2n) is 12.1. The smallest absolute Gasteiger partial charge is 0.316 e. The molecular formula is C27H39NO7. The van der Waals surface area contributed by atoms with Crippen LogP contribution in [0.1, 0.15) is 53.4 Å². The van der Waals surface area contributed by atoms with Gasteiger partial charge in [-0.1, -0.05) is 38.8 Å². The number of hydrogen-bond acceptors (Lipinski definition) is 7. The second kappa shape index (κ2) is 8.26. The first-order valence-electron chi connectivity index (χ1n) is 13.0. The molecule has 0 aromatic rings. The number of nitrogens with zero attached hydrogens (tertiary/aromatic N) is 1. The molecular weight excluding hydrogens is 450 g/mol. The molecule has 4 bridgehead atoms. The molecule has 0 aromatic heterocycles. The summed E-state index contributed by atoms with van der Waals surface area (Å²) in [6.07, 6.45) is 0.397. The van der Waals surface area contributed by atoms with Crippen LogP contribution in [0.2, 0.25) is 0 Å². The fourth-order valence-corrected chi connectivity index (χ4v) is 9.24. The van der Waals surface area contributed by atoms with E-state index in [1.165, 1.54) is 7.11 Å². The number of rotatable bonds is 6. The van der Waals surface area contributed by atoms with Crippen LogP contribution in [0.3, 0.4) is 0 Å². The van der Waals surface area contributed by atoms with Crippen molar-refractivity contribution in [2.45, 2.75) is 84.1 Å². The summed E-state index contributed by atoms with van der Waals surface area (Å²) in [6, 6.07) is 2.62. The highest BCUT2D eigenvalue weighted by atomic mass is 16.7. The van der Waals surface area contributed by atoms with Crippen LogP contribution >= 0.6 is 0 Å².